The third kappa shape index (κ3) is 3.49. The van der Waals surface area contributed by atoms with Crippen LogP contribution in [0.4, 0.5) is 0 Å². The van der Waals surface area contributed by atoms with Crippen molar-refractivity contribution in [2.24, 2.45) is 5.92 Å². The highest BCUT2D eigenvalue weighted by Gasteiger charge is 2.18. The van der Waals surface area contributed by atoms with Crippen LogP contribution in [0.15, 0.2) is 0 Å². The van der Waals surface area contributed by atoms with Crippen molar-refractivity contribution in [3.63, 3.8) is 0 Å². The first-order valence-corrected chi connectivity index (χ1v) is 7.64. The van der Waals surface area contributed by atoms with Crippen molar-refractivity contribution in [1.82, 2.24) is 15.5 Å². The first-order valence-electron chi connectivity index (χ1n) is 6.83. The average Bonchev–Trinajstić information content (AvgIpc) is 2.81. The molecular formula is C13H23N3S. The minimum absolute atomic E-state index is 0.382. The first kappa shape index (κ1) is 13.0. The molecule has 1 unspecified atom stereocenters. The lowest BCUT2D eigenvalue weighted by Crippen LogP contribution is -2.14. The molecule has 0 bridgehead atoms. The number of nitrogens with one attached hydrogen (secondary N) is 1. The largest absolute Gasteiger partial charge is 0.311 e. The van der Waals surface area contributed by atoms with Gasteiger partial charge in [-0.1, -0.05) is 50.4 Å². The summed E-state index contributed by atoms with van der Waals surface area (Å²) in [6, 6.07) is 0.382. The van der Waals surface area contributed by atoms with Crippen LogP contribution >= 0.6 is 11.3 Å². The average molecular weight is 253 g/mol. The van der Waals surface area contributed by atoms with Gasteiger partial charge in [0.25, 0.3) is 0 Å². The molecule has 17 heavy (non-hydrogen) atoms. The molecule has 1 aliphatic carbocycles. The third-order valence-corrected chi connectivity index (χ3v) is 4.78. The molecule has 1 heterocycles. The second-order valence-electron chi connectivity index (χ2n) is 4.99. The van der Waals surface area contributed by atoms with Crippen molar-refractivity contribution in [1.29, 1.82) is 0 Å². The highest BCUT2D eigenvalue weighted by atomic mass is 32.1. The second kappa shape index (κ2) is 6.45. The predicted molar refractivity (Wildman–Crippen MR) is 72.3 cm³/mol. The van der Waals surface area contributed by atoms with Crippen LogP contribution in [-0.4, -0.2) is 17.2 Å². The zero-order chi connectivity index (χ0) is 12.1. The molecule has 1 atom stereocenters. The van der Waals surface area contributed by atoms with E-state index in [1.54, 1.807) is 11.3 Å². The smallest absolute Gasteiger partial charge is 0.134 e. The summed E-state index contributed by atoms with van der Waals surface area (Å²) < 4.78 is 0. The van der Waals surface area contributed by atoms with Gasteiger partial charge in [0.2, 0.25) is 0 Å². The minimum atomic E-state index is 0.382. The Bertz CT molecular complexity index is 327. The molecule has 1 aliphatic rings. The second-order valence-corrected chi connectivity index (χ2v) is 6.09. The van der Waals surface area contributed by atoms with Crippen molar-refractivity contribution in [3.8, 4) is 0 Å². The topological polar surface area (TPSA) is 37.8 Å². The van der Waals surface area contributed by atoms with E-state index in [0.717, 1.165) is 23.8 Å². The molecule has 4 heteroatoms. The molecule has 1 saturated carbocycles. The maximum Gasteiger partial charge on any atom is 0.134 e. The number of nitrogens with zero attached hydrogens (tertiary/aromatic N) is 2. The van der Waals surface area contributed by atoms with Gasteiger partial charge in [-0.05, 0) is 19.4 Å². The molecule has 1 fully saturated rings. The fourth-order valence-electron chi connectivity index (χ4n) is 2.63. The van der Waals surface area contributed by atoms with E-state index in [4.69, 9.17) is 0 Å². The van der Waals surface area contributed by atoms with Gasteiger partial charge in [-0.3, -0.25) is 0 Å². The molecule has 1 N–H and O–H groups in total. The van der Waals surface area contributed by atoms with Gasteiger partial charge in [0.05, 0.1) is 6.04 Å². The van der Waals surface area contributed by atoms with Gasteiger partial charge in [-0.25, -0.2) is 0 Å². The number of hydrogen-bond donors (Lipinski definition) is 1. The maximum atomic E-state index is 4.36. The van der Waals surface area contributed by atoms with E-state index in [2.05, 4.69) is 22.4 Å². The fraction of sp³-hybridized carbons (Fsp3) is 0.846. The summed E-state index contributed by atoms with van der Waals surface area (Å²) in [5, 5.41) is 14.4. The van der Waals surface area contributed by atoms with E-state index in [1.807, 2.05) is 7.05 Å². The summed E-state index contributed by atoms with van der Waals surface area (Å²) in [5.74, 6) is 0.860. The molecule has 1 aromatic heterocycles. The number of aromatic nitrogens is 2. The SMILES string of the molecule is CCC(NC)c1nnc(CC2CCCCC2)s1. The van der Waals surface area contributed by atoms with Gasteiger partial charge in [-0.15, -0.1) is 10.2 Å². The van der Waals surface area contributed by atoms with Crippen LogP contribution in [0.1, 0.15) is 61.5 Å². The molecule has 0 amide bonds. The van der Waals surface area contributed by atoms with E-state index < -0.39 is 0 Å². The van der Waals surface area contributed by atoms with E-state index in [1.165, 1.54) is 37.1 Å². The monoisotopic (exact) mass is 253 g/mol. The zero-order valence-electron chi connectivity index (χ0n) is 10.9. The van der Waals surface area contributed by atoms with Crippen molar-refractivity contribution < 1.29 is 0 Å². The summed E-state index contributed by atoms with van der Waals surface area (Å²) in [6.07, 6.45) is 9.24. The van der Waals surface area contributed by atoms with Crippen LogP contribution in [0.25, 0.3) is 0 Å². The Morgan fingerprint density at radius 2 is 2.06 bits per heavy atom. The molecule has 96 valence electrons. The van der Waals surface area contributed by atoms with Crippen molar-refractivity contribution in [3.05, 3.63) is 10.0 Å². The van der Waals surface area contributed by atoms with E-state index in [-0.39, 0.29) is 0 Å². The maximum absolute atomic E-state index is 4.36. The zero-order valence-corrected chi connectivity index (χ0v) is 11.7. The first-order chi connectivity index (χ1) is 8.33. The summed E-state index contributed by atoms with van der Waals surface area (Å²) in [5.41, 5.74) is 0. The Balaban J connectivity index is 1.93. The highest BCUT2D eigenvalue weighted by Crippen LogP contribution is 2.29. The van der Waals surface area contributed by atoms with E-state index in [0.29, 0.717) is 6.04 Å². The minimum Gasteiger partial charge on any atom is -0.311 e. The van der Waals surface area contributed by atoms with Crippen LogP contribution in [0.3, 0.4) is 0 Å². The van der Waals surface area contributed by atoms with E-state index in [9.17, 15) is 0 Å². The van der Waals surface area contributed by atoms with Crippen LogP contribution in [0, 0.1) is 5.92 Å². The van der Waals surface area contributed by atoms with Crippen LogP contribution < -0.4 is 5.32 Å². The van der Waals surface area contributed by atoms with Gasteiger partial charge in [0.15, 0.2) is 0 Å². The van der Waals surface area contributed by atoms with E-state index >= 15 is 0 Å². The molecule has 0 saturated heterocycles. The van der Waals surface area contributed by atoms with Crippen molar-refractivity contribution in [2.75, 3.05) is 7.05 Å². The summed E-state index contributed by atoms with van der Waals surface area (Å²) in [4.78, 5) is 0. The Labute approximate surface area is 108 Å². The van der Waals surface area contributed by atoms with Gasteiger partial charge < -0.3 is 5.32 Å². The van der Waals surface area contributed by atoms with Gasteiger partial charge in [-0.2, -0.15) is 0 Å². The lowest BCUT2D eigenvalue weighted by molar-refractivity contribution is 0.356. The molecule has 3 nitrogen and oxygen atoms in total. The Kier molecular flexibility index (Phi) is 4.92. The fourth-order valence-corrected chi connectivity index (χ4v) is 3.78. The summed E-state index contributed by atoms with van der Waals surface area (Å²) >= 11 is 1.80. The molecule has 0 radical (unpaired) electrons. The predicted octanol–water partition coefficient (Wildman–Crippen LogP) is 3.33. The summed E-state index contributed by atoms with van der Waals surface area (Å²) in [6.45, 7) is 2.18. The standard InChI is InChI=1S/C13H23N3S/c1-3-11(14-2)13-16-15-12(17-13)9-10-7-5-4-6-8-10/h10-11,14H,3-9H2,1-2H3. The number of hydrogen-bond acceptors (Lipinski definition) is 4. The highest BCUT2D eigenvalue weighted by molar-refractivity contribution is 7.11. The Morgan fingerprint density at radius 3 is 2.71 bits per heavy atom. The summed E-state index contributed by atoms with van der Waals surface area (Å²) in [7, 11) is 2.00. The van der Waals surface area contributed by atoms with Crippen LogP contribution in [0.2, 0.25) is 0 Å². The quantitative estimate of drug-likeness (QED) is 0.874. The molecular weight excluding hydrogens is 230 g/mol. The van der Waals surface area contributed by atoms with Crippen LogP contribution in [0.5, 0.6) is 0 Å². The van der Waals surface area contributed by atoms with Crippen LogP contribution in [-0.2, 0) is 6.42 Å². The van der Waals surface area contributed by atoms with Gasteiger partial charge in [0.1, 0.15) is 10.0 Å². The lowest BCUT2D eigenvalue weighted by atomic mass is 9.87. The van der Waals surface area contributed by atoms with Crippen molar-refractivity contribution in [2.45, 2.75) is 57.9 Å². The molecule has 0 aromatic carbocycles. The molecule has 2 rings (SSSR count). The lowest BCUT2D eigenvalue weighted by Gasteiger charge is -2.19. The Hall–Kier alpha value is -0.480. The Morgan fingerprint density at radius 1 is 1.29 bits per heavy atom. The molecule has 0 aliphatic heterocycles. The van der Waals surface area contributed by atoms with Crippen molar-refractivity contribution >= 4 is 11.3 Å². The third-order valence-electron chi connectivity index (χ3n) is 3.73. The number of rotatable bonds is 5. The normalized spacial score (nSPS) is 19.4. The molecule has 1 aromatic rings. The van der Waals surface area contributed by atoms with Gasteiger partial charge >= 0.3 is 0 Å². The molecule has 0 spiro atoms. The van der Waals surface area contributed by atoms with Gasteiger partial charge in [0, 0.05) is 6.42 Å².